The van der Waals surface area contributed by atoms with E-state index in [1.807, 2.05) is 0 Å². The molecule has 82 valence electrons. The molecule has 1 amide bonds. The quantitative estimate of drug-likeness (QED) is 0.740. The minimum absolute atomic E-state index is 0.278. The van der Waals surface area contributed by atoms with Crippen LogP contribution in [0.3, 0.4) is 0 Å². The van der Waals surface area contributed by atoms with Crippen molar-refractivity contribution in [1.29, 1.82) is 0 Å². The lowest BCUT2D eigenvalue weighted by atomic mass is 10.1. The Labute approximate surface area is 94.6 Å². The van der Waals surface area contributed by atoms with E-state index in [0.29, 0.717) is 0 Å². The fourth-order valence-corrected chi connectivity index (χ4v) is 10.5. The molecule has 1 N–H and O–H groups in total. The van der Waals surface area contributed by atoms with Crippen LogP contribution in [0.15, 0.2) is 0 Å². The fraction of sp³-hybridized carbons (Fsp3) is 0.545. The van der Waals surface area contributed by atoms with Crippen LogP contribution in [0.2, 0.25) is 0 Å². The average molecular weight is 237 g/mol. The van der Waals surface area contributed by atoms with Gasteiger partial charge in [0, 0.05) is 14.9 Å². The Bertz CT molecular complexity index is 398. The van der Waals surface area contributed by atoms with Crippen LogP contribution in [0.1, 0.15) is 21.5 Å². The van der Waals surface area contributed by atoms with Crippen molar-refractivity contribution in [2.75, 3.05) is 7.05 Å². The van der Waals surface area contributed by atoms with Crippen LogP contribution >= 0.6 is 0 Å². The van der Waals surface area contributed by atoms with Gasteiger partial charge in [0.15, 0.2) is 0 Å². The largest absolute Gasteiger partial charge is 0.361 e. The van der Waals surface area contributed by atoms with Crippen molar-refractivity contribution in [3.8, 4) is 0 Å². The van der Waals surface area contributed by atoms with E-state index in [-0.39, 0.29) is 5.53 Å². The molecule has 0 aliphatic rings. The highest BCUT2D eigenvalue weighted by atomic mass is 29.0. The van der Waals surface area contributed by atoms with Crippen LogP contribution < -0.4 is 5.32 Å². The molecule has 15 heavy (non-hydrogen) atoms. The second-order valence-corrected chi connectivity index (χ2v) is 11.8. The van der Waals surface area contributed by atoms with Crippen molar-refractivity contribution < 1.29 is 4.79 Å². The summed E-state index contributed by atoms with van der Waals surface area (Å²) >= 11 is 0. The van der Waals surface area contributed by atoms with Gasteiger partial charge < -0.3 is 5.32 Å². The second-order valence-electron chi connectivity index (χ2n) is 4.08. The lowest BCUT2D eigenvalue weighted by Crippen LogP contribution is -2.36. The number of nitrogens with one attached hydrogen (secondary N) is 1. The van der Waals surface area contributed by atoms with E-state index in [9.17, 15) is 4.79 Å². The van der Waals surface area contributed by atoms with Gasteiger partial charge in [-0.2, -0.15) is 0 Å². The van der Waals surface area contributed by atoms with Gasteiger partial charge >= 0.3 is 0 Å². The Morgan fingerprint density at radius 1 is 1.07 bits per heavy atom. The van der Waals surface area contributed by atoms with Crippen LogP contribution in [0.4, 0.5) is 4.79 Å². The molecule has 0 atom stereocenters. The summed E-state index contributed by atoms with van der Waals surface area (Å²) in [6, 6.07) is 0. The normalized spacial score (nSPS) is 10.3. The first-order valence-electron chi connectivity index (χ1n) is 5.20. The summed E-state index contributed by atoms with van der Waals surface area (Å²) in [5.74, 6) is 0. The molecule has 1 rings (SSSR count). The summed E-state index contributed by atoms with van der Waals surface area (Å²) in [5.41, 5.74) is 3.04. The van der Waals surface area contributed by atoms with Gasteiger partial charge in [-0.1, -0.05) is 22.5 Å². The van der Waals surface area contributed by atoms with Crippen molar-refractivity contribution in [2.24, 2.45) is 6.55 Å². The molecule has 0 fully saturated rings. The maximum absolute atomic E-state index is 11.9. The molecule has 0 saturated carbocycles. The zero-order chi connectivity index (χ0) is 11.7. The third kappa shape index (κ3) is 2.01. The van der Waals surface area contributed by atoms with E-state index < -0.39 is 15.8 Å². The predicted molar refractivity (Wildman–Crippen MR) is 68.1 cm³/mol. The van der Waals surface area contributed by atoms with Crippen LogP contribution in [-0.2, 0) is 6.55 Å². The standard InChI is InChI=1S/C11H19NOSi2/c1-7-8(2)10(4)15(11(13)12-5)14(6)9(7)3/h1-6H3,(H,12,13). The fourth-order valence-electron chi connectivity index (χ4n) is 1.97. The van der Waals surface area contributed by atoms with Crippen molar-refractivity contribution >= 4 is 21.3 Å². The molecule has 0 unspecified atom stereocenters. The van der Waals surface area contributed by atoms with Crippen molar-refractivity contribution in [2.45, 2.75) is 27.7 Å². The zero-order valence-corrected chi connectivity index (χ0v) is 12.4. The minimum Gasteiger partial charge on any atom is -0.361 e. The van der Waals surface area contributed by atoms with E-state index in [4.69, 9.17) is 0 Å². The molecule has 0 aromatic carbocycles. The van der Waals surface area contributed by atoms with Crippen LogP contribution in [-0.4, -0.2) is 28.4 Å². The van der Waals surface area contributed by atoms with Gasteiger partial charge in [0.2, 0.25) is 5.53 Å². The first kappa shape index (κ1) is 12.5. The van der Waals surface area contributed by atoms with E-state index in [0.717, 1.165) is 0 Å². The molecular formula is C11H19NOSi2. The smallest absolute Gasteiger partial charge is 0.212 e. The van der Waals surface area contributed by atoms with Gasteiger partial charge in [-0.15, -0.1) is 0 Å². The molecule has 1 heterocycles. The molecular weight excluding hydrogens is 218 g/mol. The van der Waals surface area contributed by atoms with E-state index in [1.54, 1.807) is 7.05 Å². The molecule has 0 radical (unpaired) electrons. The molecule has 4 heteroatoms. The zero-order valence-electron chi connectivity index (χ0n) is 10.4. The molecule has 1 aromatic rings. The number of rotatable bonds is 1. The molecule has 1 aromatic heterocycles. The predicted octanol–water partition coefficient (Wildman–Crippen LogP) is 1.70. The van der Waals surface area contributed by atoms with Crippen LogP contribution in [0, 0.1) is 27.7 Å². The van der Waals surface area contributed by atoms with Crippen molar-refractivity contribution in [3.63, 3.8) is 0 Å². The number of hydrogen-bond acceptors (Lipinski definition) is 1. The number of carbonyl (C=O) groups excluding carboxylic acids is 1. The SMILES string of the molecule is CNC(=O)[si]1c(C)c(C)c(C)c(C)[si]1C. The monoisotopic (exact) mass is 237 g/mol. The van der Waals surface area contributed by atoms with Crippen molar-refractivity contribution in [1.82, 2.24) is 5.32 Å². The third-order valence-corrected chi connectivity index (χ3v) is 12.7. The van der Waals surface area contributed by atoms with Gasteiger partial charge in [0.05, 0.1) is 0 Å². The lowest BCUT2D eigenvalue weighted by Gasteiger charge is -2.16. The number of amides is 1. The lowest BCUT2D eigenvalue weighted by molar-refractivity contribution is 0.261. The Kier molecular flexibility index (Phi) is 3.73. The Morgan fingerprint density at radius 3 is 2.00 bits per heavy atom. The van der Waals surface area contributed by atoms with E-state index in [2.05, 4.69) is 39.6 Å². The van der Waals surface area contributed by atoms with Gasteiger partial charge in [-0.05, 0) is 33.3 Å². The molecule has 0 bridgehead atoms. The maximum Gasteiger partial charge on any atom is 0.212 e. The van der Waals surface area contributed by atoms with Crippen LogP contribution in [0.5, 0.6) is 0 Å². The molecule has 0 saturated heterocycles. The summed E-state index contributed by atoms with van der Waals surface area (Å²) in [6.07, 6.45) is 0. The highest BCUT2D eigenvalue weighted by Crippen LogP contribution is 2.15. The Balaban J connectivity index is 3.60. The first-order valence-corrected chi connectivity index (χ1v) is 9.70. The molecule has 2 nitrogen and oxygen atoms in total. The summed E-state index contributed by atoms with van der Waals surface area (Å²) < 4.78 is 0. The van der Waals surface area contributed by atoms with Crippen molar-refractivity contribution in [3.05, 3.63) is 21.5 Å². The van der Waals surface area contributed by atoms with E-state index >= 15 is 0 Å². The highest BCUT2D eigenvalue weighted by Gasteiger charge is 2.18. The minimum atomic E-state index is -0.988. The van der Waals surface area contributed by atoms with Gasteiger partial charge in [0.25, 0.3) is 0 Å². The summed E-state index contributed by atoms with van der Waals surface area (Å²) in [5, 5.41) is 5.67. The van der Waals surface area contributed by atoms with E-state index in [1.165, 1.54) is 21.5 Å². The third-order valence-electron chi connectivity index (χ3n) is 3.45. The molecule has 0 aliphatic heterocycles. The average Bonchev–Trinajstić information content (AvgIpc) is 2.23. The van der Waals surface area contributed by atoms with Gasteiger partial charge in [-0.25, -0.2) is 0 Å². The topological polar surface area (TPSA) is 29.1 Å². The molecule has 0 aliphatic carbocycles. The van der Waals surface area contributed by atoms with Crippen LogP contribution in [0.25, 0.3) is 0 Å². The summed E-state index contributed by atoms with van der Waals surface area (Å²) in [6.45, 7) is 11.0. The summed E-state index contributed by atoms with van der Waals surface area (Å²) in [7, 11) is 0.122. The number of hydrogen-bond donors (Lipinski definition) is 1. The molecule has 0 spiro atoms. The Morgan fingerprint density at radius 2 is 1.53 bits per heavy atom. The summed E-state index contributed by atoms with van der Waals surface area (Å²) in [4.78, 5) is 11.9. The van der Waals surface area contributed by atoms with Gasteiger partial charge in [-0.3, -0.25) is 4.79 Å². The second kappa shape index (κ2) is 4.49. The Hall–Kier alpha value is -0.616. The number of carbonyl (C=O) groups is 1. The maximum atomic E-state index is 11.9. The van der Waals surface area contributed by atoms with Gasteiger partial charge in [0.1, 0.15) is 7.90 Å². The first-order chi connectivity index (χ1) is 6.91. The highest BCUT2D eigenvalue weighted by molar-refractivity contribution is 7.17.